The van der Waals surface area contributed by atoms with Crippen molar-refractivity contribution in [3.63, 3.8) is 0 Å². The maximum atomic E-state index is 11.8. The number of nitrogens with zero attached hydrogens (tertiary/aromatic N) is 3. The Bertz CT molecular complexity index is 866. The molecule has 0 saturated heterocycles. The van der Waals surface area contributed by atoms with E-state index in [-0.39, 0.29) is 18.1 Å². The van der Waals surface area contributed by atoms with Gasteiger partial charge in [-0.15, -0.1) is 12.4 Å². The average Bonchev–Trinajstić information content (AvgIpc) is 3.03. The van der Waals surface area contributed by atoms with E-state index in [1.165, 1.54) is 7.11 Å². The smallest absolute Gasteiger partial charge is 0.358 e. The summed E-state index contributed by atoms with van der Waals surface area (Å²) in [6, 6.07) is 10.4. The highest BCUT2D eigenvalue weighted by atomic mass is 35.5. The second kappa shape index (κ2) is 7.66. The van der Waals surface area contributed by atoms with Gasteiger partial charge in [0.1, 0.15) is 0 Å². The van der Waals surface area contributed by atoms with Gasteiger partial charge in [0.15, 0.2) is 5.69 Å². The van der Waals surface area contributed by atoms with E-state index in [4.69, 9.17) is 27.9 Å². The SMILES string of the molecule is COC(=O)c1cc(-c2cccnc2)n(-c2ccc(Cl)c(Cl)c2)n1.Cl. The van der Waals surface area contributed by atoms with Crippen LogP contribution in [0.2, 0.25) is 10.0 Å². The van der Waals surface area contributed by atoms with Crippen LogP contribution in [0.1, 0.15) is 10.5 Å². The van der Waals surface area contributed by atoms with Gasteiger partial charge in [0.05, 0.1) is 28.5 Å². The Kier molecular flexibility index (Phi) is 5.83. The minimum atomic E-state index is -0.519. The van der Waals surface area contributed by atoms with Gasteiger partial charge in [0.25, 0.3) is 0 Å². The lowest BCUT2D eigenvalue weighted by Gasteiger charge is -2.08. The molecule has 0 fully saturated rings. The van der Waals surface area contributed by atoms with E-state index in [0.717, 1.165) is 5.56 Å². The third-order valence-electron chi connectivity index (χ3n) is 3.21. The summed E-state index contributed by atoms with van der Waals surface area (Å²) in [5, 5.41) is 5.15. The molecule has 0 spiro atoms. The van der Waals surface area contributed by atoms with Crippen molar-refractivity contribution < 1.29 is 9.53 Å². The number of pyridine rings is 1. The number of halogens is 3. The highest BCUT2D eigenvalue weighted by Crippen LogP contribution is 2.28. The van der Waals surface area contributed by atoms with E-state index in [9.17, 15) is 4.79 Å². The molecule has 0 aliphatic carbocycles. The van der Waals surface area contributed by atoms with Gasteiger partial charge < -0.3 is 4.74 Å². The van der Waals surface area contributed by atoms with Crippen molar-refractivity contribution in [3.05, 3.63) is 64.5 Å². The molecule has 0 bridgehead atoms. The molecular weight excluding hydrogens is 373 g/mol. The number of hydrogen-bond acceptors (Lipinski definition) is 4. The van der Waals surface area contributed by atoms with Crippen LogP contribution in [0, 0.1) is 0 Å². The Labute approximate surface area is 154 Å². The number of esters is 1. The third kappa shape index (κ3) is 3.53. The number of aromatic nitrogens is 3. The van der Waals surface area contributed by atoms with Crippen molar-refractivity contribution in [2.45, 2.75) is 0 Å². The van der Waals surface area contributed by atoms with Crippen molar-refractivity contribution in [1.29, 1.82) is 0 Å². The molecule has 2 aromatic heterocycles. The van der Waals surface area contributed by atoms with Crippen LogP contribution in [0.3, 0.4) is 0 Å². The first kappa shape index (κ1) is 18.3. The molecule has 0 amide bonds. The first-order valence-electron chi connectivity index (χ1n) is 6.64. The van der Waals surface area contributed by atoms with Crippen molar-refractivity contribution in [2.75, 3.05) is 7.11 Å². The Hall–Kier alpha value is -2.08. The van der Waals surface area contributed by atoms with E-state index >= 15 is 0 Å². The molecule has 24 heavy (non-hydrogen) atoms. The van der Waals surface area contributed by atoms with Crippen LogP contribution < -0.4 is 0 Å². The average molecular weight is 385 g/mol. The van der Waals surface area contributed by atoms with Crippen LogP contribution in [0.25, 0.3) is 16.9 Å². The normalized spacial score (nSPS) is 10.1. The van der Waals surface area contributed by atoms with E-state index in [1.54, 1.807) is 47.4 Å². The first-order valence-corrected chi connectivity index (χ1v) is 7.40. The quantitative estimate of drug-likeness (QED) is 0.626. The fourth-order valence-electron chi connectivity index (χ4n) is 2.12. The van der Waals surface area contributed by atoms with Gasteiger partial charge in [-0.05, 0) is 36.4 Å². The summed E-state index contributed by atoms with van der Waals surface area (Å²) in [6.07, 6.45) is 3.36. The molecule has 0 radical (unpaired) electrons. The second-order valence-electron chi connectivity index (χ2n) is 4.66. The molecule has 2 heterocycles. The Balaban J connectivity index is 0.00000208. The number of benzene rings is 1. The summed E-state index contributed by atoms with van der Waals surface area (Å²) in [6.45, 7) is 0. The summed E-state index contributed by atoms with van der Waals surface area (Å²) in [5.74, 6) is -0.519. The number of methoxy groups -OCH3 is 1. The molecule has 3 rings (SSSR count). The molecule has 0 atom stereocenters. The van der Waals surface area contributed by atoms with Crippen LogP contribution in [0.15, 0.2) is 48.8 Å². The van der Waals surface area contributed by atoms with E-state index in [1.807, 2.05) is 6.07 Å². The lowest BCUT2D eigenvalue weighted by atomic mass is 10.2. The zero-order valence-corrected chi connectivity index (χ0v) is 14.8. The molecule has 3 aromatic rings. The lowest BCUT2D eigenvalue weighted by molar-refractivity contribution is 0.0593. The van der Waals surface area contributed by atoms with Crippen molar-refractivity contribution in [1.82, 2.24) is 14.8 Å². The Morgan fingerprint density at radius 1 is 1.17 bits per heavy atom. The van der Waals surface area contributed by atoms with E-state index in [2.05, 4.69) is 10.1 Å². The first-order chi connectivity index (χ1) is 11.1. The number of ether oxygens (including phenoxy) is 1. The van der Waals surface area contributed by atoms with Crippen LogP contribution in [-0.4, -0.2) is 27.8 Å². The fraction of sp³-hybridized carbons (Fsp3) is 0.0625. The molecule has 0 aliphatic rings. The lowest BCUT2D eigenvalue weighted by Crippen LogP contribution is -2.04. The summed E-state index contributed by atoms with van der Waals surface area (Å²) < 4.78 is 6.34. The van der Waals surface area contributed by atoms with Crippen LogP contribution in [0.5, 0.6) is 0 Å². The molecule has 0 unspecified atom stereocenters. The van der Waals surface area contributed by atoms with Gasteiger partial charge in [0.2, 0.25) is 0 Å². The molecule has 0 saturated carbocycles. The van der Waals surface area contributed by atoms with Gasteiger partial charge in [-0.3, -0.25) is 4.98 Å². The van der Waals surface area contributed by atoms with Crippen LogP contribution >= 0.6 is 35.6 Å². The molecule has 1 aromatic carbocycles. The molecular formula is C16H12Cl3N3O2. The van der Waals surface area contributed by atoms with Crippen molar-refractivity contribution in [2.24, 2.45) is 0 Å². The summed E-state index contributed by atoms with van der Waals surface area (Å²) in [5.41, 5.74) is 2.36. The van der Waals surface area contributed by atoms with Gasteiger partial charge in [-0.1, -0.05) is 23.2 Å². The zero-order valence-electron chi connectivity index (χ0n) is 12.4. The van der Waals surface area contributed by atoms with Gasteiger partial charge in [-0.25, -0.2) is 9.48 Å². The summed E-state index contributed by atoms with van der Waals surface area (Å²) in [7, 11) is 1.31. The van der Waals surface area contributed by atoms with Gasteiger partial charge in [-0.2, -0.15) is 5.10 Å². The molecule has 0 N–H and O–H groups in total. The topological polar surface area (TPSA) is 57.0 Å². The predicted octanol–water partition coefficient (Wildman–Crippen LogP) is 4.45. The third-order valence-corrected chi connectivity index (χ3v) is 3.95. The second-order valence-corrected chi connectivity index (χ2v) is 5.47. The minimum absolute atomic E-state index is 0. The largest absolute Gasteiger partial charge is 0.464 e. The van der Waals surface area contributed by atoms with Crippen LogP contribution in [0.4, 0.5) is 0 Å². The Morgan fingerprint density at radius 3 is 2.58 bits per heavy atom. The molecule has 8 heteroatoms. The zero-order chi connectivity index (χ0) is 16.4. The van der Waals surface area contributed by atoms with E-state index in [0.29, 0.717) is 21.4 Å². The molecule has 5 nitrogen and oxygen atoms in total. The number of rotatable bonds is 3. The van der Waals surface area contributed by atoms with Gasteiger partial charge in [0, 0.05) is 18.0 Å². The highest BCUT2D eigenvalue weighted by molar-refractivity contribution is 6.42. The predicted molar refractivity (Wildman–Crippen MR) is 95.4 cm³/mol. The number of carbonyl (C=O) groups is 1. The number of carbonyl (C=O) groups excluding carboxylic acids is 1. The summed E-state index contributed by atoms with van der Waals surface area (Å²) >= 11 is 12.0. The summed E-state index contributed by atoms with van der Waals surface area (Å²) in [4.78, 5) is 15.9. The maximum Gasteiger partial charge on any atom is 0.358 e. The fourth-order valence-corrected chi connectivity index (χ4v) is 2.41. The van der Waals surface area contributed by atoms with Gasteiger partial charge >= 0.3 is 5.97 Å². The number of hydrogen-bond donors (Lipinski definition) is 0. The van der Waals surface area contributed by atoms with Crippen LogP contribution in [-0.2, 0) is 4.74 Å². The van der Waals surface area contributed by atoms with Crippen molar-refractivity contribution in [3.8, 4) is 16.9 Å². The van der Waals surface area contributed by atoms with E-state index < -0.39 is 5.97 Å². The standard InChI is InChI=1S/C16H11Cl2N3O2.ClH/c1-23-16(22)14-8-15(10-3-2-6-19-9-10)21(20-14)11-4-5-12(17)13(18)7-11;/h2-9H,1H3;1H. The molecule has 124 valence electrons. The maximum absolute atomic E-state index is 11.8. The minimum Gasteiger partial charge on any atom is -0.464 e. The molecule has 0 aliphatic heterocycles. The monoisotopic (exact) mass is 383 g/mol. The van der Waals surface area contributed by atoms with Crippen molar-refractivity contribution >= 4 is 41.6 Å². The Morgan fingerprint density at radius 2 is 1.96 bits per heavy atom. The highest BCUT2D eigenvalue weighted by Gasteiger charge is 2.17.